The van der Waals surface area contributed by atoms with Gasteiger partial charge in [-0.05, 0) is 30.0 Å². The smallest absolute Gasteiger partial charge is 0.269 e. The zero-order chi connectivity index (χ0) is 14.5. The topological polar surface area (TPSA) is 69.2 Å². The van der Waals surface area contributed by atoms with Gasteiger partial charge in [0.2, 0.25) is 0 Å². The maximum atomic E-state index is 13.5. The highest BCUT2D eigenvalue weighted by atomic mass is 19.1. The average Bonchev–Trinajstić information content (AvgIpc) is 2.42. The molecule has 104 valence electrons. The number of halogens is 1. The Bertz CT molecular complexity index is 599. The van der Waals surface area contributed by atoms with Crippen molar-refractivity contribution in [3.8, 4) is 0 Å². The third kappa shape index (κ3) is 3.61. The zero-order valence-electron chi connectivity index (χ0n) is 10.8. The lowest BCUT2D eigenvalue weighted by atomic mass is 9.99. The van der Waals surface area contributed by atoms with E-state index in [-0.39, 0.29) is 17.5 Å². The largest absolute Gasteiger partial charge is 0.327 e. The van der Waals surface area contributed by atoms with Gasteiger partial charge in [-0.25, -0.2) is 4.39 Å². The van der Waals surface area contributed by atoms with Crippen molar-refractivity contribution < 1.29 is 9.31 Å². The quantitative estimate of drug-likeness (QED) is 0.673. The molecule has 0 heterocycles. The molecule has 0 bridgehead atoms. The fourth-order valence-electron chi connectivity index (χ4n) is 2.08. The Morgan fingerprint density at radius 2 is 1.75 bits per heavy atom. The van der Waals surface area contributed by atoms with Gasteiger partial charge in [0.1, 0.15) is 5.82 Å². The Hall–Kier alpha value is -2.27. The van der Waals surface area contributed by atoms with Gasteiger partial charge in [-0.2, -0.15) is 0 Å². The first-order chi connectivity index (χ1) is 9.56. The van der Waals surface area contributed by atoms with E-state index in [0.29, 0.717) is 18.4 Å². The van der Waals surface area contributed by atoms with Crippen LogP contribution in [0.2, 0.25) is 0 Å². The molecule has 0 amide bonds. The summed E-state index contributed by atoms with van der Waals surface area (Å²) in [6.45, 7) is 0. The molecule has 0 spiro atoms. The molecule has 1 unspecified atom stereocenters. The Labute approximate surface area is 116 Å². The number of nitrogens with zero attached hydrogens (tertiary/aromatic N) is 1. The summed E-state index contributed by atoms with van der Waals surface area (Å²) in [5, 5.41) is 10.6. The van der Waals surface area contributed by atoms with Gasteiger partial charge in [0.25, 0.3) is 5.69 Å². The maximum absolute atomic E-state index is 13.5. The van der Waals surface area contributed by atoms with Gasteiger partial charge in [0.05, 0.1) is 4.92 Å². The number of nitrogens with two attached hydrogens (primary N) is 1. The molecule has 0 radical (unpaired) electrons. The van der Waals surface area contributed by atoms with Crippen LogP contribution in [0, 0.1) is 15.9 Å². The van der Waals surface area contributed by atoms with Gasteiger partial charge in [0.15, 0.2) is 0 Å². The van der Waals surface area contributed by atoms with Crippen LogP contribution < -0.4 is 5.73 Å². The predicted molar refractivity (Wildman–Crippen MR) is 74.9 cm³/mol. The van der Waals surface area contributed by atoms with Crippen LogP contribution in [0.3, 0.4) is 0 Å². The van der Waals surface area contributed by atoms with E-state index in [1.807, 2.05) is 0 Å². The van der Waals surface area contributed by atoms with Crippen LogP contribution in [-0.4, -0.2) is 11.0 Å². The van der Waals surface area contributed by atoms with Crippen LogP contribution in [0.15, 0.2) is 48.5 Å². The molecule has 20 heavy (non-hydrogen) atoms. The van der Waals surface area contributed by atoms with E-state index >= 15 is 0 Å². The molecule has 4 nitrogen and oxygen atoms in total. The van der Waals surface area contributed by atoms with E-state index in [1.54, 1.807) is 30.3 Å². The second-order valence-corrected chi connectivity index (χ2v) is 4.68. The van der Waals surface area contributed by atoms with Crippen molar-refractivity contribution in [2.24, 2.45) is 5.73 Å². The molecule has 0 aromatic heterocycles. The number of rotatable bonds is 5. The highest BCUT2D eigenvalue weighted by Gasteiger charge is 2.10. The van der Waals surface area contributed by atoms with Gasteiger partial charge in [-0.3, -0.25) is 10.1 Å². The number of benzene rings is 2. The molecule has 0 saturated heterocycles. The number of nitro benzene ring substituents is 1. The molecule has 0 saturated carbocycles. The normalized spacial score (nSPS) is 12.1. The molecule has 2 N–H and O–H groups in total. The maximum Gasteiger partial charge on any atom is 0.269 e. The van der Waals surface area contributed by atoms with E-state index in [2.05, 4.69) is 0 Å². The van der Waals surface area contributed by atoms with E-state index in [0.717, 1.165) is 5.56 Å². The number of non-ortho nitro benzene ring substituents is 1. The summed E-state index contributed by atoms with van der Waals surface area (Å²) in [5.74, 6) is -0.258. The van der Waals surface area contributed by atoms with Gasteiger partial charge in [-0.15, -0.1) is 0 Å². The lowest BCUT2D eigenvalue weighted by Gasteiger charge is -2.12. The summed E-state index contributed by atoms with van der Waals surface area (Å²) >= 11 is 0. The molecular formula is C15H15FN2O2. The fraction of sp³-hybridized carbons (Fsp3) is 0.200. The molecule has 2 aromatic carbocycles. The Kier molecular flexibility index (Phi) is 4.42. The van der Waals surface area contributed by atoms with Gasteiger partial charge in [-0.1, -0.05) is 30.3 Å². The summed E-state index contributed by atoms with van der Waals surface area (Å²) in [7, 11) is 0. The van der Waals surface area contributed by atoms with Crippen molar-refractivity contribution in [2.75, 3.05) is 0 Å². The molecule has 0 aliphatic heterocycles. The Balaban J connectivity index is 1.99. The first-order valence-electron chi connectivity index (χ1n) is 6.28. The van der Waals surface area contributed by atoms with E-state index in [9.17, 15) is 14.5 Å². The first kappa shape index (κ1) is 14.1. The molecule has 1 atom stereocenters. The summed E-state index contributed by atoms with van der Waals surface area (Å²) in [6, 6.07) is 12.6. The minimum absolute atomic E-state index is 0.0522. The van der Waals surface area contributed by atoms with Crippen molar-refractivity contribution in [3.63, 3.8) is 0 Å². The van der Waals surface area contributed by atoms with Crippen molar-refractivity contribution in [2.45, 2.75) is 18.9 Å². The second-order valence-electron chi connectivity index (χ2n) is 4.68. The van der Waals surface area contributed by atoms with E-state index in [1.165, 1.54) is 18.2 Å². The summed E-state index contributed by atoms with van der Waals surface area (Å²) in [6.07, 6.45) is 0.982. The molecule has 2 aromatic rings. The zero-order valence-corrected chi connectivity index (χ0v) is 10.8. The molecule has 0 aliphatic carbocycles. The lowest BCUT2D eigenvalue weighted by molar-refractivity contribution is -0.384. The highest BCUT2D eigenvalue weighted by molar-refractivity contribution is 5.33. The number of hydrogen-bond acceptors (Lipinski definition) is 3. The van der Waals surface area contributed by atoms with Crippen molar-refractivity contribution in [1.29, 1.82) is 0 Å². The molecule has 2 rings (SSSR count). The molecular weight excluding hydrogens is 259 g/mol. The Morgan fingerprint density at radius 3 is 2.35 bits per heavy atom. The summed E-state index contributed by atoms with van der Waals surface area (Å²) in [4.78, 5) is 10.1. The van der Waals surface area contributed by atoms with Crippen molar-refractivity contribution in [3.05, 3.63) is 75.6 Å². The van der Waals surface area contributed by atoms with Crippen LogP contribution in [0.25, 0.3) is 0 Å². The predicted octanol–water partition coefficient (Wildman–Crippen LogP) is 2.85. The van der Waals surface area contributed by atoms with Crippen molar-refractivity contribution >= 4 is 5.69 Å². The van der Waals surface area contributed by atoms with Crippen LogP contribution >= 0.6 is 0 Å². The molecule has 0 fully saturated rings. The monoisotopic (exact) mass is 274 g/mol. The standard InChI is InChI=1S/C15H15FN2O2/c16-15-4-2-1-3-12(15)10-13(17)9-11-5-7-14(8-6-11)18(19)20/h1-8,13H,9-10,17H2. The SMILES string of the molecule is NC(Cc1ccc([N+](=O)[O-])cc1)Cc1ccccc1F. The van der Waals surface area contributed by atoms with Gasteiger partial charge in [0, 0.05) is 18.2 Å². The van der Waals surface area contributed by atoms with E-state index < -0.39 is 4.92 Å². The highest BCUT2D eigenvalue weighted by Crippen LogP contribution is 2.15. The van der Waals surface area contributed by atoms with Crippen LogP contribution in [0.4, 0.5) is 10.1 Å². The lowest BCUT2D eigenvalue weighted by Crippen LogP contribution is -2.25. The van der Waals surface area contributed by atoms with Crippen LogP contribution in [-0.2, 0) is 12.8 Å². The van der Waals surface area contributed by atoms with Gasteiger partial charge < -0.3 is 5.73 Å². The van der Waals surface area contributed by atoms with E-state index in [4.69, 9.17) is 5.73 Å². The summed E-state index contributed by atoms with van der Waals surface area (Å²) in [5.41, 5.74) is 7.54. The van der Waals surface area contributed by atoms with Crippen LogP contribution in [0.5, 0.6) is 0 Å². The minimum Gasteiger partial charge on any atom is -0.327 e. The number of nitro groups is 1. The minimum atomic E-state index is -0.441. The molecule has 5 heteroatoms. The fourth-order valence-corrected chi connectivity index (χ4v) is 2.08. The first-order valence-corrected chi connectivity index (χ1v) is 6.28. The molecule has 0 aliphatic rings. The Morgan fingerprint density at radius 1 is 1.10 bits per heavy atom. The third-order valence-corrected chi connectivity index (χ3v) is 3.08. The summed E-state index contributed by atoms with van der Waals surface area (Å²) < 4.78 is 13.5. The average molecular weight is 274 g/mol. The van der Waals surface area contributed by atoms with Gasteiger partial charge >= 0.3 is 0 Å². The second kappa shape index (κ2) is 6.25. The number of hydrogen-bond donors (Lipinski definition) is 1. The van der Waals surface area contributed by atoms with Crippen molar-refractivity contribution in [1.82, 2.24) is 0 Å². The third-order valence-electron chi connectivity index (χ3n) is 3.08. The van der Waals surface area contributed by atoms with Crippen LogP contribution in [0.1, 0.15) is 11.1 Å².